The number of fused-ring (bicyclic) bond motifs is 1. The SMILES string of the molecule is Cc1ccn(CCc2ccccc2)c(=O)c1C(=O)N1Cc2[nH]cnc2C(c2cnn(C)c2)C1. The van der Waals surface area contributed by atoms with Crippen molar-refractivity contribution in [2.24, 2.45) is 7.05 Å². The summed E-state index contributed by atoms with van der Waals surface area (Å²) in [5, 5.41) is 4.28. The zero-order valence-corrected chi connectivity index (χ0v) is 18.7. The van der Waals surface area contributed by atoms with Gasteiger partial charge in [0.25, 0.3) is 11.5 Å². The van der Waals surface area contributed by atoms with E-state index in [4.69, 9.17) is 0 Å². The van der Waals surface area contributed by atoms with Crippen LogP contribution in [0.3, 0.4) is 0 Å². The first-order chi connectivity index (χ1) is 16.0. The fraction of sp³-hybridized carbons (Fsp3) is 0.280. The van der Waals surface area contributed by atoms with Crippen molar-refractivity contribution < 1.29 is 4.79 Å². The minimum absolute atomic E-state index is 0.0954. The molecular weight excluding hydrogens is 416 g/mol. The topological polar surface area (TPSA) is 88.8 Å². The van der Waals surface area contributed by atoms with Crippen LogP contribution >= 0.6 is 0 Å². The second-order valence-electron chi connectivity index (χ2n) is 8.56. The lowest BCUT2D eigenvalue weighted by atomic mass is 9.92. The van der Waals surface area contributed by atoms with Crippen molar-refractivity contribution in [3.8, 4) is 0 Å². The summed E-state index contributed by atoms with van der Waals surface area (Å²) < 4.78 is 3.38. The lowest BCUT2D eigenvalue weighted by Crippen LogP contribution is -2.42. The van der Waals surface area contributed by atoms with Gasteiger partial charge in [-0.25, -0.2) is 4.98 Å². The van der Waals surface area contributed by atoms with Gasteiger partial charge in [0.05, 0.1) is 30.5 Å². The number of carbonyl (C=O) groups is 1. The number of hydrogen-bond donors (Lipinski definition) is 1. The van der Waals surface area contributed by atoms with E-state index in [1.807, 2.05) is 56.6 Å². The maximum absolute atomic E-state index is 13.6. The average molecular weight is 443 g/mol. The predicted octanol–water partition coefficient (Wildman–Crippen LogP) is 2.64. The Morgan fingerprint density at radius 1 is 1.21 bits per heavy atom. The third-order valence-electron chi connectivity index (χ3n) is 6.32. The molecule has 0 bridgehead atoms. The highest BCUT2D eigenvalue weighted by molar-refractivity contribution is 5.95. The number of hydrogen-bond acceptors (Lipinski definition) is 4. The molecule has 1 aliphatic heterocycles. The van der Waals surface area contributed by atoms with Crippen LogP contribution in [0.1, 0.15) is 44.4 Å². The Hall–Kier alpha value is -3.94. The highest BCUT2D eigenvalue weighted by Crippen LogP contribution is 2.32. The number of imidazole rings is 1. The Bertz CT molecular complexity index is 1350. The van der Waals surface area contributed by atoms with E-state index in [1.54, 1.807) is 32.9 Å². The summed E-state index contributed by atoms with van der Waals surface area (Å²) in [6.45, 7) is 3.18. The molecule has 1 N–H and O–H groups in total. The first kappa shape index (κ1) is 20.9. The molecule has 1 unspecified atom stereocenters. The molecule has 1 aliphatic rings. The Labute approximate surface area is 191 Å². The van der Waals surface area contributed by atoms with Crippen molar-refractivity contribution in [3.63, 3.8) is 0 Å². The highest BCUT2D eigenvalue weighted by Gasteiger charge is 2.33. The van der Waals surface area contributed by atoms with Crippen molar-refractivity contribution in [3.05, 3.63) is 105 Å². The summed E-state index contributed by atoms with van der Waals surface area (Å²) in [7, 11) is 1.87. The molecule has 0 radical (unpaired) electrons. The summed E-state index contributed by atoms with van der Waals surface area (Å²) in [4.78, 5) is 36.4. The highest BCUT2D eigenvalue weighted by atomic mass is 16.2. The van der Waals surface area contributed by atoms with Gasteiger partial charge >= 0.3 is 0 Å². The van der Waals surface area contributed by atoms with Gasteiger partial charge in [0.15, 0.2) is 0 Å². The second kappa shape index (κ2) is 8.54. The Morgan fingerprint density at radius 3 is 2.79 bits per heavy atom. The molecule has 0 spiro atoms. The van der Waals surface area contributed by atoms with Crippen LogP contribution in [0.5, 0.6) is 0 Å². The molecule has 33 heavy (non-hydrogen) atoms. The molecule has 5 rings (SSSR count). The van der Waals surface area contributed by atoms with Gasteiger partial charge in [-0.05, 0) is 30.5 Å². The summed E-state index contributed by atoms with van der Waals surface area (Å²) in [6, 6.07) is 11.9. The summed E-state index contributed by atoms with van der Waals surface area (Å²) in [6.07, 6.45) is 7.91. The Morgan fingerprint density at radius 2 is 2.03 bits per heavy atom. The number of aromatic amines is 1. The molecule has 1 aromatic carbocycles. The lowest BCUT2D eigenvalue weighted by Gasteiger charge is -2.32. The van der Waals surface area contributed by atoms with Crippen LogP contribution in [-0.4, -0.2) is 41.7 Å². The largest absolute Gasteiger partial charge is 0.347 e. The fourth-order valence-corrected chi connectivity index (χ4v) is 4.51. The smallest absolute Gasteiger partial charge is 0.263 e. The number of amides is 1. The number of aromatic nitrogens is 5. The molecule has 4 aromatic rings. The van der Waals surface area contributed by atoms with E-state index in [-0.39, 0.29) is 22.9 Å². The monoisotopic (exact) mass is 442 g/mol. The number of benzene rings is 1. The van der Waals surface area contributed by atoms with Crippen LogP contribution in [-0.2, 0) is 26.6 Å². The zero-order valence-electron chi connectivity index (χ0n) is 18.7. The first-order valence-electron chi connectivity index (χ1n) is 11.0. The van der Waals surface area contributed by atoms with Crippen molar-refractivity contribution in [2.75, 3.05) is 6.54 Å². The van der Waals surface area contributed by atoms with E-state index in [1.165, 1.54) is 0 Å². The number of carbonyl (C=O) groups excluding carboxylic acids is 1. The predicted molar refractivity (Wildman–Crippen MR) is 124 cm³/mol. The van der Waals surface area contributed by atoms with Gasteiger partial charge in [-0.1, -0.05) is 30.3 Å². The number of aryl methyl sites for hydroxylation is 4. The van der Waals surface area contributed by atoms with E-state index in [0.29, 0.717) is 25.2 Å². The van der Waals surface area contributed by atoms with Crippen LogP contribution in [0.25, 0.3) is 0 Å². The van der Waals surface area contributed by atoms with Gasteiger partial charge in [-0.2, -0.15) is 5.10 Å². The molecule has 3 aromatic heterocycles. The molecule has 0 saturated heterocycles. The van der Waals surface area contributed by atoms with E-state index in [9.17, 15) is 9.59 Å². The minimum atomic E-state index is -0.249. The van der Waals surface area contributed by atoms with Gasteiger partial charge in [0.1, 0.15) is 5.56 Å². The fourth-order valence-electron chi connectivity index (χ4n) is 4.51. The molecular formula is C25H26N6O2. The van der Waals surface area contributed by atoms with E-state index >= 15 is 0 Å². The van der Waals surface area contributed by atoms with Crippen molar-refractivity contribution in [1.82, 2.24) is 29.2 Å². The molecule has 0 aliphatic carbocycles. The van der Waals surface area contributed by atoms with Crippen molar-refractivity contribution in [2.45, 2.75) is 32.4 Å². The van der Waals surface area contributed by atoms with Crippen molar-refractivity contribution in [1.29, 1.82) is 0 Å². The Balaban J connectivity index is 1.44. The molecule has 0 fully saturated rings. The number of pyridine rings is 1. The van der Waals surface area contributed by atoms with Crippen LogP contribution < -0.4 is 5.56 Å². The lowest BCUT2D eigenvalue weighted by molar-refractivity contribution is 0.0718. The molecule has 8 nitrogen and oxygen atoms in total. The first-order valence-corrected chi connectivity index (χ1v) is 11.0. The molecule has 1 atom stereocenters. The van der Waals surface area contributed by atoms with Crippen molar-refractivity contribution >= 4 is 5.91 Å². The van der Waals surface area contributed by atoms with E-state index in [2.05, 4.69) is 15.1 Å². The van der Waals surface area contributed by atoms with Crippen LogP contribution in [0.4, 0.5) is 0 Å². The van der Waals surface area contributed by atoms with Gasteiger partial charge < -0.3 is 14.5 Å². The van der Waals surface area contributed by atoms with Gasteiger partial charge in [-0.3, -0.25) is 14.3 Å². The molecule has 1 amide bonds. The summed E-state index contributed by atoms with van der Waals surface area (Å²) in [5.74, 6) is -0.345. The average Bonchev–Trinajstić information content (AvgIpc) is 3.47. The quantitative estimate of drug-likeness (QED) is 0.515. The Kier molecular flexibility index (Phi) is 5.42. The van der Waals surface area contributed by atoms with Crippen LogP contribution in [0, 0.1) is 6.92 Å². The maximum atomic E-state index is 13.6. The third kappa shape index (κ3) is 4.00. The second-order valence-corrected chi connectivity index (χ2v) is 8.56. The van der Waals surface area contributed by atoms with Crippen LogP contribution in [0.2, 0.25) is 0 Å². The van der Waals surface area contributed by atoms with Gasteiger partial charge in [-0.15, -0.1) is 0 Å². The number of rotatable bonds is 5. The number of nitrogens with one attached hydrogen (secondary N) is 1. The molecule has 4 heterocycles. The molecule has 168 valence electrons. The summed E-state index contributed by atoms with van der Waals surface area (Å²) >= 11 is 0. The van der Waals surface area contributed by atoms with E-state index in [0.717, 1.165) is 28.9 Å². The van der Waals surface area contributed by atoms with E-state index < -0.39 is 0 Å². The third-order valence-corrected chi connectivity index (χ3v) is 6.32. The van der Waals surface area contributed by atoms with Gasteiger partial charge in [0, 0.05) is 44.0 Å². The normalized spacial score (nSPS) is 15.5. The number of H-pyrrole nitrogens is 1. The standard InChI is InChI=1S/C25H26N6O2/c1-17-8-10-30(11-9-18-6-4-3-5-7-18)24(32)22(17)25(33)31-14-20(19-12-28-29(2)13-19)23-21(15-31)26-16-27-23/h3-8,10,12-13,16,20H,9,11,14-15H2,1-2H3,(H,26,27). The minimum Gasteiger partial charge on any atom is -0.347 e. The maximum Gasteiger partial charge on any atom is 0.263 e. The molecule has 8 heteroatoms. The van der Waals surface area contributed by atoms with Crippen LogP contribution in [0.15, 0.2) is 66.1 Å². The number of nitrogens with zero attached hydrogens (tertiary/aromatic N) is 5. The van der Waals surface area contributed by atoms with Gasteiger partial charge in [0.2, 0.25) is 0 Å². The zero-order chi connectivity index (χ0) is 22.9. The molecule has 0 saturated carbocycles. The summed E-state index contributed by atoms with van der Waals surface area (Å²) in [5.41, 5.74) is 4.64.